The van der Waals surface area contributed by atoms with Gasteiger partial charge in [0.15, 0.2) is 23.0 Å². The topological polar surface area (TPSA) is 88.5 Å². The zero-order valence-electron chi connectivity index (χ0n) is 20.1. The third kappa shape index (κ3) is 4.96. The summed E-state index contributed by atoms with van der Waals surface area (Å²) in [7, 11) is 6.22. The molecule has 184 valence electrons. The molecule has 0 saturated heterocycles. The van der Waals surface area contributed by atoms with Gasteiger partial charge in [-0.05, 0) is 69.8 Å². The van der Waals surface area contributed by atoms with E-state index in [4.69, 9.17) is 23.8 Å². The molecule has 1 heterocycles. The predicted octanol–water partition coefficient (Wildman–Crippen LogP) is 5.64. The molecule has 0 amide bonds. The summed E-state index contributed by atoms with van der Waals surface area (Å²) in [6.07, 6.45) is 1.65. The van der Waals surface area contributed by atoms with E-state index in [1.165, 1.54) is 0 Å². The van der Waals surface area contributed by atoms with Crippen molar-refractivity contribution in [3.63, 3.8) is 0 Å². The number of hydrogen-bond donors (Lipinski definition) is 0. The number of nitrogens with zero attached hydrogens (tertiary/aromatic N) is 2. The first-order valence-electron chi connectivity index (χ1n) is 10.8. The van der Waals surface area contributed by atoms with Crippen LogP contribution in [-0.2, 0) is 4.84 Å². The van der Waals surface area contributed by atoms with Crippen LogP contribution in [0.25, 0.3) is 10.8 Å². The fourth-order valence-electron chi connectivity index (χ4n) is 3.67. The maximum Gasteiger partial charge on any atom is 0.366 e. The molecule has 4 rings (SSSR count). The van der Waals surface area contributed by atoms with Crippen LogP contribution in [0.15, 0.2) is 76.5 Å². The van der Waals surface area contributed by atoms with Crippen LogP contribution in [-0.4, -0.2) is 45.1 Å². The Labute approximate surface area is 216 Å². The van der Waals surface area contributed by atoms with E-state index in [2.05, 4.69) is 26.1 Å². The molecule has 0 unspecified atom stereocenters. The van der Waals surface area contributed by atoms with Crippen LogP contribution in [0, 0.1) is 0 Å². The van der Waals surface area contributed by atoms with E-state index in [0.29, 0.717) is 50.0 Å². The van der Waals surface area contributed by atoms with E-state index in [-0.39, 0.29) is 0 Å². The van der Waals surface area contributed by atoms with Crippen molar-refractivity contribution in [2.45, 2.75) is 0 Å². The van der Waals surface area contributed by atoms with Crippen molar-refractivity contribution < 1.29 is 28.6 Å². The lowest BCUT2D eigenvalue weighted by atomic mass is 10.0. The second-order valence-electron chi connectivity index (χ2n) is 7.46. The number of methoxy groups -OCH3 is 4. The highest BCUT2D eigenvalue weighted by Gasteiger charge is 2.20. The van der Waals surface area contributed by atoms with Gasteiger partial charge in [0.05, 0.1) is 34.0 Å². The summed E-state index contributed by atoms with van der Waals surface area (Å²) in [6.45, 7) is 0. The molecule has 0 atom stereocenters. The quantitative estimate of drug-likeness (QED) is 0.159. The van der Waals surface area contributed by atoms with Crippen molar-refractivity contribution in [1.82, 2.24) is 4.98 Å². The van der Waals surface area contributed by atoms with Gasteiger partial charge in [0.2, 0.25) is 0 Å². The number of rotatable bonds is 8. The van der Waals surface area contributed by atoms with Gasteiger partial charge in [0.1, 0.15) is 11.4 Å². The van der Waals surface area contributed by atoms with Crippen LogP contribution in [0.4, 0.5) is 0 Å². The number of ether oxygens (including phenoxy) is 4. The molecular formula is C27H23BrN2O6. The van der Waals surface area contributed by atoms with Crippen molar-refractivity contribution in [2.24, 2.45) is 5.16 Å². The Hall–Kier alpha value is -4.11. The van der Waals surface area contributed by atoms with Gasteiger partial charge in [-0.1, -0.05) is 17.3 Å². The van der Waals surface area contributed by atoms with Gasteiger partial charge in [-0.15, -0.1) is 0 Å². The van der Waals surface area contributed by atoms with Gasteiger partial charge in [-0.3, -0.25) is 4.98 Å². The van der Waals surface area contributed by atoms with E-state index < -0.39 is 5.97 Å². The monoisotopic (exact) mass is 550 g/mol. The molecule has 0 aliphatic carbocycles. The Kier molecular flexibility index (Phi) is 7.70. The predicted molar refractivity (Wildman–Crippen MR) is 140 cm³/mol. The molecule has 0 aliphatic heterocycles. The van der Waals surface area contributed by atoms with Crippen LogP contribution in [0.3, 0.4) is 0 Å². The summed E-state index contributed by atoms with van der Waals surface area (Å²) in [5.74, 6) is 1.51. The average molecular weight is 551 g/mol. The van der Waals surface area contributed by atoms with Crippen LogP contribution < -0.4 is 18.9 Å². The number of hydrogen-bond acceptors (Lipinski definition) is 8. The van der Waals surface area contributed by atoms with Crippen molar-refractivity contribution in [1.29, 1.82) is 0 Å². The van der Waals surface area contributed by atoms with Crippen molar-refractivity contribution in [3.05, 3.63) is 88.2 Å². The SMILES string of the molecule is COc1ccc(C(=NOC(=O)c2ccccc2Br)c2nccc3cc(OC)c(OC)cc23)cc1OC. The Morgan fingerprint density at radius 3 is 2.17 bits per heavy atom. The minimum absolute atomic E-state index is 0.314. The van der Waals surface area contributed by atoms with E-state index >= 15 is 0 Å². The number of pyridine rings is 1. The lowest BCUT2D eigenvalue weighted by molar-refractivity contribution is 0.0516. The first-order chi connectivity index (χ1) is 17.5. The minimum Gasteiger partial charge on any atom is -0.493 e. The highest BCUT2D eigenvalue weighted by Crippen LogP contribution is 2.35. The highest BCUT2D eigenvalue weighted by molar-refractivity contribution is 9.10. The number of carbonyl (C=O) groups excluding carboxylic acids is 1. The third-order valence-corrected chi connectivity index (χ3v) is 6.15. The smallest absolute Gasteiger partial charge is 0.366 e. The van der Waals surface area contributed by atoms with E-state index in [0.717, 1.165) is 10.8 Å². The van der Waals surface area contributed by atoms with E-state index in [9.17, 15) is 4.79 Å². The summed E-state index contributed by atoms with van der Waals surface area (Å²) < 4.78 is 22.4. The fraction of sp³-hybridized carbons (Fsp3) is 0.148. The van der Waals surface area contributed by atoms with Crippen molar-refractivity contribution in [3.8, 4) is 23.0 Å². The van der Waals surface area contributed by atoms with Crippen LogP contribution in [0.1, 0.15) is 21.6 Å². The molecule has 0 aliphatic rings. The molecule has 1 aromatic heterocycles. The van der Waals surface area contributed by atoms with Crippen molar-refractivity contribution >= 4 is 38.4 Å². The molecule has 0 bridgehead atoms. The fourth-order valence-corrected chi connectivity index (χ4v) is 4.11. The highest BCUT2D eigenvalue weighted by atomic mass is 79.9. The Morgan fingerprint density at radius 1 is 0.806 bits per heavy atom. The number of halogens is 1. The number of fused-ring (bicyclic) bond motifs is 1. The number of carbonyl (C=O) groups is 1. The Balaban J connectivity index is 1.90. The molecule has 4 aromatic rings. The second-order valence-corrected chi connectivity index (χ2v) is 8.31. The average Bonchev–Trinajstić information content (AvgIpc) is 2.92. The molecular weight excluding hydrogens is 528 g/mol. The zero-order chi connectivity index (χ0) is 25.7. The molecule has 9 heteroatoms. The summed E-state index contributed by atoms with van der Waals surface area (Å²) >= 11 is 3.37. The van der Waals surface area contributed by atoms with E-state index in [1.54, 1.807) is 77.1 Å². The van der Waals surface area contributed by atoms with Crippen LogP contribution in [0.5, 0.6) is 23.0 Å². The summed E-state index contributed by atoms with van der Waals surface area (Å²) in [6, 6.07) is 17.7. The van der Waals surface area contributed by atoms with Crippen LogP contribution in [0.2, 0.25) is 0 Å². The normalized spacial score (nSPS) is 11.2. The summed E-state index contributed by atoms with van der Waals surface area (Å²) in [5, 5.41) is 5.83. The molecule has 0 spiro atoms. The van der Waals surface area contributed by atoms with Gasteiger partial charge < -0.3 is 23.8 Å². The van der Waals surface area contributed by atoms with Gasteiger partial charge in [-0.2, -0.15) is 0 Å². The summed E-state index contributed by atoms with van der Waals surface area (Å²) in [4.78, 5) is 22.8. The Bertz CT molecular complexity index is 1450. The lowest BCUT2D eigenvalue weighted by Crippen LogP contribution is -2.11. The van der Waals surface area contributed by atoms with Crippen LogP contribution >= 0.6 is 15.9 Å². The van der Waals surface area contributed by atoms with Gasteiger partial charge in [0.25, 0.3) is 0 Å². The number of oxime groups is 1. The standard InChI is InChI=1S/C27H23BrN2O6/c1-32-21-10-9-17(14-22(21)33-2)25(30-36-27(31)18-7-5-6-8-20(18)28)26-19-15-24(35-4)23(34-3)13-16(19)11-12-29-26/h5-15H,1-4H3. The molecule has 0 N–H and O–H groups in total. The molecule has 0 radical (unpaired) electrons. The first-order valence-corrected chi connectivity index (χ1v) is 11.6. The summed E-state index contributed by atoms with van der Waals surface area (Å²) in [5.41, 5.74) is 1.72. The first kappa shape index (κ1) is 25.0. The van der Waals surface area contributed by atoms with Gasteiger partial charge in [0, 0.05) is 21.6 Å². The molecule has 36 heavy (non-hydrogen) atoms. The van der Waals surface area contributed by atoms with Gasteiger partial charge >= 0.3 is 5.97 Å². The molecule has 3 aromatic carbocycles. The van der Waals surface area contributed by atoms with Gasteiger partial charge in [-0.25, -0.2) is 4.79 Å². The number of aromatic nitrogens is 1. The second kappa shape index (κ2) is 11.1. The third-order valence-electron chi connectivity index (χ3n) is 5.46. The Morgan fingerprint density at radius 2 is 1.47 bits per heavy atom. The molecule has 8 nitrogen and oxygen atoms in total. The zero-order valence-corrected chi connectivity index (χ0v) is 21.7. The minimum atomic E-state index is -0.625. The largest absolute Gasteiger partial charge is 0.493 e. The number of benzene rings is 3. The maximum absolute atomic E-state index is 12.8. The maximum atomic E-state index is 12.8. The van der Waals surface area contributed by atoms with E-state index in [1.807, 2.05) is 18.2 Å². The molecule has 0 fully saturated rings. The molecule has 0 saturated carbocycles. The lowest BCUT2D eigenvalue weighted by Gasteiger charge is -2.14. The van der Waals surface area contributed by atoms with Crippen molar-refractivity contribution in [2.75, 3.05) is 28.4 Å².